The summed E-state index contributed by atoms with van der Waals surface area (Å²) in [6.07, 6.45) is 11.1. The molecule has 2 aliphatic carbocycles. The minimum Gasteiger partial charge on any atom is -0.502 e. The number of carbonyl (C=O) groups excluding carboxylic acids is 1. The zero-order valence-electron chi connectivity index (χ0n) is 21.3. The van der Waals surface area contributed by atoms with Crippen LogP contribution in [0, 0.1) is 81.9 Å². The van der Waals surface area contributed by atoms with Gasteiger partial charge in [-0.05, 0) is 70.6 Å². The number of unbranched alkanes of at least 4 members (excludes halogenated alkanes) is 1. The summed E-state index contributed by atoms with van der Waals surface area (Å²) in [5.41, 5.74) is 0. The van der Waals surface area contributed by atoms with Crippen LogP contribution < -0.4 is 5.32 Å². The molecule has 6 nitrogen and oxygen atoms in total. The van der Waals surface area contributed by atoms with E-state index in [1.807, 2.05) is 0 Å². The number of ether oxygens (including phenoxy) is 2. The molecule has 36 heavy (non-hydrogen) atoms. The van der Waals surface area contributed by atoms with E-state index >= 15 is 0 Å². The van der Waals surface area contributed by atoms with Gasteiger partial charge < -0.3 is 14.8 Å². The number of nitrogens with zero attached hydrogens (tertiary/aromatic N) is 2. The average molecular weight is 490 g/mol. The van der Waals surface area contributed by atoms with E-state index in [1.54, 1.807) is 0 Å². The SMILES string of the molecule is C=COCCCCOC(=O)C1CC(C#CC2CCC(C#N)CC2)CCC1C#CC1CCC(C#N)NC1. The number of piperidine rings is 1. The van der Waals surface area contributed by atoms with E-state index in [4.69, 9.17) is 20.0 Å². The molecule has 5 atom stereocenters. The van der Waals surface area contributed by atoms with E-state index in [-0.39, 0.29) is 41.6 Å². The molecule has 0 aromatic rings. The predicted octanol–water partition coefficient (Wildman–Crippen LogP) is 4.73. The molecule has 0 radical (unpaired) electrons. The lowest BCUT2D eigenvalue weighted by atomic mass is 9.74. The second-order valence-electron chi connectivity index (χ2n) is 10.3. The minimum absolute atomic E-state index is 0.0144. The Bertz CT molecular complexity index is 925. The molecule has 0 aromatic carbocycles. The van der Waals surface area contributed by atoms with Crippen LogP contribution in [0.2, 0.25) is 0 Å². The van der Waals surface area contributed by atoms with Gasteiger partial charge in [0.25, 0.3) is 0 Å². The largest absolute Gasteiger partial charge is 0.502 e. The molecule has 1 N–H and O–H groups in total. The third-order valence-corrected chi connectivity index (χ3v) is 7.62. The summed E-state index contributed by atoms with van der Waals surface area (Å²) in [7, 11) is 0. The molecule has 1 saturated heterocycles. The molecule has 2 saturated carbocycles. The second-order valence-corrected chi connectivity index (χ2v) is 10.3. The topological polar surface area (TPSA) is 95.1 Å². The van der Waals surface area contributed by atoms with Crippen LogP contribution in [-0.4, -0.2) is 31.8 Å². The van der Waals surface area contributed by atoms with Crippen LogP contribution >= 0.6 is 0 Å². The second kappa shape index (κ2) is 15.2. The number of esters is 1. The Balaban J connectivity index is 1.58. The number of nitrogens with one attached hydrogen (secondary N) is 1. The summed E-state index contributed by atoms with van der Waals surface area (Å²) in [4.78, 5) is 13.1. The first-order valence-electron chi connectivity index (χ1n) is 13.6. The van der Waals surface area contributed by atoms with Gasteiger partial charge in [-0.1, -0.05) is 30.3 Å². The zero-order valence-corrected chi connectivity index (χ0v) is 21.3. The Morgan fingerprint density at radius 1 is 0.833 bits per heavy atom. The summed E-state index contributed by atoms with van der Waals surface area (Å²) in [6.45, 7) is 5.22. The number of hydrogen-bond donors (Lipinski definition) is 1. The molecule has 0 spiro atoms. The van der Waals surface area contributed by atoms with Crippen LogP contribution in [0.25, 0.3) is 0 Å². The van der Waals surface area contributed by atoms with Crippen molar-refractivity contribution in [1.29, 1.82) is 10.5 Å². The first-order chi connectivity index (χ1) is 17.6. The van der Waals surface area contributed by atoms with Crippen LogP contribution in [0.4, 0.5) is 0 Å². The first kappa shape index (κ1) is 27.7. The van der Waals surface area contributed by atoms with Crippen molar-refractivity contribution in [3.63, 3.8) is 0 Å². The van der Waals surface area contributed by atoms with Gasteiger partial charge in [-0.3, -0.25) is 4.79 Å². The van der Waals surface area contributed by atoms with Crippen molar-refractivity contribution in [3.05, 3.63) is 12.8 Å². The molecule has 5 unspecified atom stereocenters. The van der Waals surface area contributed by atoms with Gasteiger partial charge in [-0.2, -0.15) is 10.5 Å². The Morgan fingerprint density at radius 2 is 1.50 bits per heavy atom. The third-order valence-electron chi connectivity index (χ3n) is 7.62. The molecule has 0 aromatic heterocycles. The lowest BCUT2D eigenvalue weighted by Crippen LogP contribution is -2.37. The van der Waals surface area contributed by atoms with Crippen LogP contribution in [0.1, 0.15) is 70.6 Å². The molecule has 1 aliphatic heterocycles. The quantitative estimate of drug-likeness (QED) is 0.240. The van der Waals surface area contributed by atoms with Gasteiger partial charge in [-0.15, -0.1) is 0 Å². The standard InChI is InChI=1S/C30H39N3O3/c1-2-35-17-3-4-18-36-30(34)29-19-24(8-5-23-6-9-25(20-31)10-7-23)11-14-27(29)15-12-26-13-16-28(21-32)33-22-26/h2,23-29,33H,1,3-4,6-7,9-11,13-14,16-19,22H2. The molecule has 6 heteroatoms. The van der Waals surface area contributed by atoms with Crippen molar-refractivity contribution >= 4 is 5.97 Å². The maximum atomic E-state index is 13.1. The zero-order chi connectivity index (χ0) is 25.6. The summed E-state index contributed by atoms with van der Waals surface area (Å²) in [5, 5.41) is 21.4. The van der Waals surface area contributed by atoms with Gasteiger partial charge in [0.2, 0.25) is 0 Å². The van der Waals surface area contributed by atoms with Crippen LogP contribution in [0.3, 0.4) is 0 Å². The molecule has 3 rings (SSSR count). The van der Waals surface area contributed by atoms with E-state index in [1.165, 1.54) is 6.26 Å². The smallest absolute Gasteiger partial charge is 0.310 e. The summed E-state index contributed by atoms with van der Waals surface area (Å²) >= 11 is 0. The van der Waals surface area contributed by atoms with Crippen molar-refractivity contribution < 1.29 is 14.3 Å². The van der Waals surface area contributed by atoms with E-state index < -0.39 is 0 Å². The Kier molecular flexibility index (Phi) is 11.7. The van der Waals surface area contributed by atoms with Gasteiger partial charge in [0.1, 0.15) is 0 Å². The van der Waals surface area contributed by atoms with Crippen LogP contribution in [0.15, 0.2) is 12.8 Å². The fraction of sp³-hybridized carbons (Fsp3) is 0.700. The van der Waals surface area contributed by atoms with Crippen molar-refractivity contribution in [3.8, 4) is 35.8 Å². The highest BCUT2D eigenvalue weighted by Gasteiger charge is 2.35. The molecule has 192 valence electrons. The monoisotopic (exact) mass is 489 g/mol. The Labute approximate surface area is 216 Å². The Morgan fingerprint density at radius 3 is 2.19 bits per heavy atom. The van der Waals surface area contributed by atoms with E-state index in [0.717, 1.165) is 70.8 Å². The molecule has 1 heterocycles. The Hall–Kier alpha value is -2.93. The summed E-state index contributed by atoms with van der Waals surface area (Å²) in [5.74, 6) is 14.3. The number of rotatable bonds is 7. The fourth-order valence-electron chi connectivity index (χ4n) is 5.30. The summed E-state index contributed by atoms with van der Waals surface area (Å²) in [6, 6.07) is 4.58. The molecule has 3 aliphatic rings. The lowest BCUT2D eigenvalue weighted by Gasteiger charge is -2.30. The lowest BCUT2D eigenvalue weighted by molar-refractivity contribution is -0.151. The predicted molar refractivity (Wildman–Crippen MR) is 137 cm³/mol. The van der Waals surface area contributed by atoms with E-state index in [0.29, 0.717) is 25.6 Å². The van der Waals surface area contributed by atoms with Gasteiger partial charge in [0, 0.05) is 36.1 Å². The van der Waals surface area contributed by atoms with Crippen molar-refractivity contribution in [2.45, 2.75) is 76.7 Å². The molecule has 0 amide bonds. The highest BCUT2D eigenvalue weighted by molar-refractivity contribution is 5.73. The first-order valence-corrected chi connectivity index (χ1v) is 13.6. The van der Waals surface area contributed by atoms with Gasteiger partial charge in [0.05, 0.1) is 43.6 Å². The fourth-order valence-corrected chi connectivity index (χ4v) is 5.30. The normalized spacial score (nSPS) is 31.7. The number of hydrogen-bond acceptors (Lipinski definition) is 6. The maximum Gasteiger partial charge on any atom is 0.310 e. The molecule has 0 bridgehead atoms. The van der Waals surface area contributed by atoms with Gasteiger partial charge >= 0.3 is 5.97 Å². The van der Waals surface area contributed by atoms with Gasteiger partial charge in [-0.25, -0.2) is 0 Å². The third kappa shape index (κ3) is 8.94. The molecular formula is C30H39N3O3. The van der Waals surface area contributed by atoms with Crippen LogP contribution in [-0.2, 0) is 14.3 Å². The highest BCUT2D eigenvalue weighted by Crippen LogP contribution is 2.35. The molecular weight excluding hydrogens is 450 g/mol. The van der Waals surface area contributed by atoms with Crippen molar-refractivity contribution in [1.82, 2.24) is 5.32 Å². The van der Waals surface area contributed by atoms with E-state index in [2.05, 4.69) is 47.7 Å². The maximum absolute atomic E-state index is 13.1. The van der Waals surface area contributed by atoms with Crippen molar-refractivity contribution in [2.24, 2.45) is 35.5 Å². The van der Waals surface area contributed by atoms with Gasteiger partial charge in [0.15, 0.2) is 0 Å². The number of nitriles is 2. The summed E-state index contributed by atoms with van der Waals surface area (Å²) < 4.78 is 10.8. The van der Waals surface area contributed by atoms with E-state index in [9.17, 15) is 4.79 Å². The van der Waals surface area contributed by atoms with Crippen LogP contribution in [0.5, 0.6) is 0 Å². The highest BCUT2D eigenvalue weighted by atomic mass is 16.5. The average Bonchev–Trinajstić information content (AvgIpc) is 2.93. The number of carbonyl (C=O) groups is 1. The minimum atomic E-state index is -0.257. The van der Waals surface area contributed by atoms with Crippen molar-refractivity contribution in [2.75, 3.05) is 19.8 Å². The molecule has 3 fully saturated rings.